The first-order valence-electron chi connectivity index (χ1n) is 4.89. The van der Waals surface area contributed by atoms with Gasteiger partial charge >= 0.3 is 0 Å². The monoisotopic (exact) mass is 207 g/mol. The van der Waals surface area contributed by atoms with Crippen LogP contribution in [-0.4, -0.2) is 11.0 Å². The number of aromatic nitrogens is 1. The maximum atomic E-state index is 5.60. The van der Waals surface area contributed by atoms with Crippen LogP contribution in [0.15, 0.2) is 24.3 Å². The number of nitrogens with zero attached hydrogens (tertiary/aromatic N) is 1. The molecule has 74 valence electrons. The molecule has 2 rings (SSSR count). The zero-order chi connectivity index (χ0) is 9.80. The van der Waals surface area contributed by atoms with E-state index < -0.39 is 0 Å². The Morgan fingerprint density at radius 3 is 3.07 bits per heavy atom. The molecule has 3 heteroatoms. The van der Waals surface area contributed by atoms with Crippen LogP contribution in [-0.2, 0) is 0 Å². The summed E-state index contributed by atoms with van der Waals surface area (Å²) in [5.74, 6) is 0.791. The first-order chi connectivity index (χ1) is 6.92. The van der Waals surface area contributed by atoms with Gasteiger partial charge in [0.25, 0.3) is 0 Å². The lowest BCUT2D eigenvalue weighted by atomic mass is 10.3. The SMILES string of the molecule is CCCCOc1nsc2ccccc12. The topological polar surface area (TPSA) is 22.1 Å². The second kappa shape index (κ2) is 4.42. The lowest BCUT2D eigenvalue weighted by molar-refractivity contribution is 0.304. The number of unbranched alkanes of at least 4 members (excludes halogenated alkanes) is 1. The highest BCUT2D eigenvalue weighted by Gasteiger charge is 2.04. The first kappa shape index (κ1) is 9.46. The average molecular weight is 207 g/mol. The third kappa shape index (κ3) is 1.87. The second-order valence-electron chi connectivity index (χ2n) is 3.19. The summed E-state index contributed by atoms with van der Waals surface area (Å²) >= 11 is 1.50. The molecule has 1 aromatic carbocycles. The summed E-state index contributed by atoms with van der Waals surface area (Å²) in [6.45, 7) is 2.92. The molecule has 0 saturated heterocycles. The third-order valence-electron chi connectivity index (χ3n) is 2.08. The van der Waals surface area contributed by atoms with E-state index in [1.165, 1.54) is 16.2 Å². The van der Waals surface area contributed by atoms with Gasteiger partial charge in [0.15, 0.2) is 0 Å². The van der Waals surface area contributed by atoms with Gasteiger partial charge in [-0.15, -0.1) is 0 Å². The molecular weight excluding hydrogens is 194 g/mol. The van der Waals surface area contributed by atoms with Crippen molar-refractivity contribution in [2.24, 2.45) is 0 Å². The van der Waals surface area contributed by atoms with Crippen LogP contribution < -0.4 is 4.74 Å². The summed E-state index contributed by atoms with van der Waals surface area (Å²) in [7, 11) is 0. The van der Waals surface area contributed by atoms with Crippen LogP contribution in [0.2, 0.25) is 0 Å². The normalized spacial score (nSPS) is 10.6. The van der Waals surface area contributed by atoms with Gasteiger partial charge in [-0.05, 0) is 30.1 Å². The van der Waals surface area contributed by atoms with Crippen LogP contribution in [0.5, 0.6) is 5.88 Å². The minimum atomic E-state index is 0.768. The average Bonchev–Trinajstić information content (AvgIpc) is 2.63. The third-order valence-corrected chi connectivity index (χ3v) is 2.89. The van der Waals surface area contributed by atoms with Crippen molar-refractivity contribution in [3.8, 4) is 5.88 Å². The number of rotatable bonds is 4. The van der Waals surface area contributed by atoms with Gasteiger partial charge in [-0.3, -0.25) is 0 Å². The lowest BCUT2D eigenvalue weighted by Crippen LogP contribution is -1.96. The zero-order valence-corrected chi connectivity index (χ0v) is 9.01. The van der Waals surface area contributed by atoms with E-state index in [0.717, 1.165) is 30.7 Å². The molecule has 0 aliphatic rings. The largest absolute Gasteiger partial charge is 0.477 e. The van der Waals surface area contributed by atoms with Gasteiger partial charge in [0.2, 0.25) is 5.88 Å². The van der Waals surface area contributed by atoms with E-state index in [1.54, 1.807) is 0 Å². The standard InChI is InChI=1S/C11H13NOS/c1-2-3-8-13-11-9-6-4-5-7-10(9)14-12-11/h4-7H,2-3,8H2,1H3. The van der Waals surface area contributed by atoms with Gasteiger partial charge < -0.3 is 4.74 Å². The molecule has 2 nitrogen and oxygen atoms in total. The van der Waals surface area contributed by atoms with Crippen molar-refractivity contribution in [3.63, 3.8) is 0 Å². The van der Waals surface area contributed by atoms with E-state index in [-0.39, 0.29) is 0 Å². The predicted octanol–water partition coefficient (Wildman–Crippen LogP) is 3.48. The molecule has 0 radical (unpaired) electrons. The van der Waals surface area contributed by atoms with Crippen LogP contribution in [0.1, 0.15) is 19.8 Å². The molecule has 0 amide bonds. The summed E-state index contributed by atoms with van der Waals surface area (Å²) in [6, 6.07) is 8.17. The Morgan fingerprint density at radius 2 is 2.21 bits per heavy atom. The fourth-order valence-corrected chi connectivity index (χ4v) is 2.01. The second-order valence-corrected chi connectivity index (χ2v) is 3.99. The van der Waals surface area contributed by atoms with Crippen LogP contribution in [0, 0.1) is 0 Å². The van der Waals surface area contributed by atoms with Crippen LogP contribution in [0.3, 0.4) is 0 Å². The van der Waals surface area contributed by atoms with Crippen LogP contribution in [0.25, 0.3) is 10.1 Å². The number of fused-ring (bicyclic) bond motifs is 1. The van der Waals surface area contributed by atoms with Crippen molar-refractivity contribution in [2.75, 3.05) is 6.61 Å². The van der Waals surface area contributed by atoms with Gasteiger partial charge in [0, 0.05) is 0 Å². The smallest absolute Gasteiger partial charge is 0.233 e. The lowest BCUT2D eigenvalue weighted by Gasteiger charge is -2.00. The molecule has 0 aliphatic carbocycles. The van der Waals surface area contributed by atoms with Gasteiger partial charge in [-0.2, -0.15) is 4.37 Å². The number of ether oxygens (including phenoxy) is 1. The van der Waals surface area contributed by atoms with E-state index in [0.29, 0.717) is 0 Å². The highest BCUT2D eigenvalue weighted by atomic mass is 32.1. The number of hydrogen-bond donors (Lipinski definition) is 0. The molecule has 0 bridgehead atoms. The number of benzene rings is 1. The van der Waals surface area contributed by atoms with Crippen molar-refractivity contribution in [1.82, 2.24) is 4.37 Å². The van der Waals surface area contributed by atoms with Crippen molar-refractivity contribution in [1.29, 1.82) is 0 Å². The van der Waals surface area contributed by atoms with Gasteiger partial charge in [0.05, 0.1) is 16.7 Å². The van der Waals surface area contributed by atoms with Crippen LogP contribution >= 0.6 is 11.5 Å². The highest BCUT2D eigenvalue weighted by molar-refractivity contribution is 7.13. The maximum absolute atomic E-state index is 5.60. The van der Waals surface area contributed by atoms with Crippen molar-refractivity contribution in [2.45, 2.75) is 19.8 Å². The Kier molecular flexibility index (Phi) is 2.99. The van der Waals surface area contributed by atoms with Gasteiger partial charge in [0.1, 0.15) is 0 Å². The Labute approximate surface area is 87.7 Å². The molecule has 0 aliphatic heterocycles. The van der Waals surface area contributed by atoms with E-state index in [1.807, 2.05) is 12.1 Å². The van der Waals surface area contributed by atoms with Crippen molar-refractivity contribution >= 4 is 21.6 Å². The molecule has 0 N–H and O–H groups in total. The highest BCUT2D eigenvalue weighted by Crippen LogP contribution is 2.27. The molecule has 2 aromatic rings. The Bertz CT molecular complexity index is 410. The van der Waals surface area contributed by atoms with Gasteiger partial charge in [-0.25, -0.2) is 0 Å². The van der Waals surface area contributed by atoms with E-state index in [9.17, 15) is 0 Å². The number of hydrogen-bond acceptors (Lipinski definition) is 3. The molecule has 0 saturated carbocycles. The minimum Gasteiger partial charge on any atom is -0.477 e. The zero-order valence-electron chi connectivity index (χ0n) is 8.19. The Hall–Kier alpha value is -1.09. The molecule has 0 unspecified atom stereocenters. The Balaban J connectivity index is 2.17. The molecule has 1 heterocycles. The molecular formula is C11H13NOS. The molecule has 0 atom stereocenters. The molecule has 14 heavy (non-hydrogen) atoms. The molecule has 0 spiro atoms. The summed E-state index contributed by atoms with van der Waals surface area (Å²) in [5, 5.41) is 1.13. The van der Waals surface area contributed by atoms with Gasteiger partial charge in [-0.1, -0.05) is 25.5 Å². The van der Waals surface area contributed by atoms with E-state index in [2.05, 4.69) is 23.4 Å². The summed E-state index contributed by atoms with van der Waals surface area (Å²) < 4.78 is 11.1. The van der Waals surface area contributed by atoms with E-state index in [4.69, 9.17) is 4.74 Å². The quantitative estimate of drug-likeness (QED) is 0.716. The molecule has 0 fully saturated rings. The molecule has 1 aromatic heterocycles. The van der Waals surface area contributed by atoms with Crippen molar-refractivity contribution < 1.29 is 4.74 Å². The van der Waals surface area contributed by atoms with Crippen molar-refractivity contribution in [3.05, 3.63) is 24.3 Å². The minimum absolute atomic E-state index is 0.768. The van der Waals surface area contributed by atoms with Crippen LogP contribution in [0.4, 0.5) is 0 Å². The fourth-order valence-electron chi connectivity index (χ4n) is 1.28. The summed E-state index contributed by atoms with van der Waals surface area (Å²) in [6.07, 6.45) is 2.24. The summed E-state index contributed by atoms with van der Waals surface area (Å²) in [5.41, 5.74) is 0. The first-order valence-corrected chi connectivity index (χ1v) is 5.66. The van der Waals surface area contributed by atoms with E-state index >= 15 is 0 Å². The Morgan fingerprint density at radius 1 is 1.36 bits per heavy atom. The maximum Gasteiger partial charge on any atom is 0.233 e. The predicted molar refractivity (Wildman–Crippen MR) is 60.0 cm³/mol. The summed E-state index contributed by atoms with van der Waals surface area (Å²) in [4.78, 5) is 0. The fraction of sp³-hybridized carbons (Fsp3) is 0.364.